The smallest absolute Gasteiger partial charge is 0.338 e. The van der Waals surface area contributed by atoms with Gasteiger partial charge in [0.25, 0.3) is 10.2 Å². The lowest BCUT2D eigenvalue weighted by Gasteiger charge is -2.02. The maximum atomic E-state index is 8.25. The van der Waals surface area contributed by atoms with Crippen LogP contribution >= 0.6 is 47.1 Å². The molecule has 0 saturated heterocycles. The third-order valence-corrected chi connectivity index (χ3v) is 5.99. The predicted octanol–water partition coefficient (Wildman–Crippen LogP) is 4.88. The number of nitrogens with one attached hydrogen (secondary N) is 6. The van der Waals surface area contributed by atoms with Crippen molar-refractivity contribution in [2.75, 3.05) is 21.3 Å². The Morgan fingerprint density at radius 3 is 1.20 bits per heavy atom. The number of H-pyrrole nitrogens is 2. The largest absolute Gasteiger partial charge is 0.356 e. The minimum Gasteiger partial charge on any atom is -0.356 e. The van der Waals surface area contributed by atoms with Gasteiger partial charge in [-0.25, -0.2) is 20.6 Å². The molecule has 0 aliphatic rings. The number of benzene rings is 2. The van der Waals surface area contributed by atoms with Crippen LogP contribution in [-0.4, -0.2) is 20.4 Å². The summed E-state index contributed by atoms with van der Waals surface area (Å²) in [5, 5.41) is 44.9. The molecule has 0 atom stereocenters. The van der Waals surface area contributed by atoms with E-state index in [4.69, 9.17) is 55.1 Å². The second-order valence-electron chi connectivity index (χ2n) is 7.00. The summed E-state index contributed by atoms with van der Waals surface area (Å²) < 4.78 is 0. The molecule has 0 radical (unpaired) electrons. The van der Waals surface area contributed by atoms with Gasteiger partial charge in [0.2, 0.25) is 0 Å². The van der Waals surface area contributed by atoms with Gasteiger partial charge in [-0.2, -0.15) is 0 Å². The van der Waals surface area contributed by atoms with Crippen molar-refractivity contribution in [2.24, 2.45) is 0 Å². The third-order valence-electron chi connectivity index (χ3n) is 3.86. The number of thiazole rings is 2. The highest BCUT2D eigenvalue weighted by Gasteiger charge is 2.09. The summed E-state index contributed by atoms with van der Waals surface area (Å²) >= 11 is 13.6. The monoisotopic (exact) mass is 624 g/mol. The van der Waals surface area contributed by atoms with Gasteiger partial charge in [-0.1, -0.05) is 59.1 Å². The van der Waals surface area contributed by atoms with Crippen LogP contribution in [0.3, 0.4) is 0 Å². The lowest BCUT2D eigenvalue weighted by molar-refractivity contribution is -0.403. The number of nitrogens with zero attached hydrogens (tertiary/aromatic N) is 2. The van der Waals surface area contributed by atoms with E-state index in [0.29, 0.717) is 10.2 Å². The molecule has 0 fully saturated rings. The zero-order valence-corrected chi connectivity index (χ0v) is 24.2. The normalized spacial score (nSPS) is 9.05. The molecule has 0 spiro atoms. The number of aromatic amines is 2. The number of hydrogen-bond acceptors (Lipinski definition) is 10. The SMILES string of the molecule is Cc1c[nH+]c(NC(=S)Nc2ccccc2)s1.Cc1c[nH+]c(NC(=S)Nc2ccccc2)s1.O=[N+]([O-])[O-].O=[N+]([O-])[O-]. The minimum atomic E-state index is -1.75. The van der Waals surface area contributed by atoms with Crippen LogP contribution in [0.15, 0.2) is 73.1 Å². The number of hydrogen-bond donors (Lipinski definition) is 4. The van der Waals surface area contributed by atoms with Crippen molar-refractivity contribution in [3.63, 3.8) is 0 Å². The molecule has 4 aromatic rings. The zero-order chi connectivity index (χ0) is 29.9. The van der Waals surface area contributed by atoms with Crippen LogP contribution in [0.2, 0.25) is 0 Å². The highest BCUT2D eigenvalue weighted by Crippen LogP contribution is 2.14. The van der Waals surface area contributed by atoms with Crippen molar-refractivity contribution >= 4 is 79.0 Å². The van der Waals surface area contributed by atoms with Crippen molar-refractivity contribution in [3.05, 3.63) is 113 Å². The number of para-hydroxylation sites is 2. The molecule has 0 unspecified atom stereocenters. The molecule has 2 aromatic carbocycles. The summed E-state index contributed by atoms with van der Waals surface area (Å²) in [6.45, 7) is 4.08. The average Bonchev–Trinajstić information content (AvgIpc) is 3.47. The first-order valence-electron chi connectivity index (χ1n) is 10.8. The van der Waals surface area contributed by atoms with Gasteiger partial charge in [0.1, 0.15) is 12.4 Å². The Bertz CT molecular complexity index is 1240. The fourth-order valence-corrected chi connectivity index (χ4v) is 4.46. The molecular weight excluding hydrogens is 601 g/mol. The fourth-order valence-electron chi connectivity index (χ4n) is 2.47. The van der Waals surface area contributed by atoms with Gasteiger partial charge in [-0.15, -0.1) is 0 Å². The van der Waals surface area contributed by atoms with Crippen LogP contribution in [-0.2, 0) is 0 Å². The lowest BCUT2D eigenvalue weighted by Crippen LogP contribution is -2.21. The quantitative estimate of drug-likeness (QED) is 0.136. The highest BCUT2D eigenvalue weighted by atomic mass is 32.1. The number of aromatic nitrogens is 2. The lowest BCUT2D eigenvalue weighted by atomic mass is 10.3. The van der Waals surface area contributed by atoms with Crippen LogP contribution in [0, 0.1) is 44.5 Å². The minimum absolute atomic E-state index is 0.587. The van der Waals surface area contributed by atoms with Gasteiger partial charge in [-0.05, 0) is 62.5 Å². The molecule has 4 rings (SSSR count). The van der Waals surface area contributed by atoms with E-state index in [0.717, 1.165) is 21.6 Å². The Morgan fingerprint density at radius 2 is 0.950 bits per heavy atom. The maximum Gasteiger partial charge on any atom is 0.338 e. The number of aryl methyl sites for hydroxylation is 2. The number of rotatable bonds is 4. The Labute approximate surface area is 247 Å². The molecule has 40 heavy (non-hydrogen) atoms. The maximum absolute atomic E-state index is 8.25. The molecule has 18 heteroatoms. The van der Waals surface area contributed by atoms with E-state index in [1.54, 1.807) is 22.7 Å². The third kappa shape index (κ3) is 17.1. The second-order valence-corrected chi connectivity index (χ2v) is 10.3. The molecule has 14 nitrogen and oxygen atoms in total. The summed E-state index contributed by atoms with van der Waals surface area (Å²) in [5.41, 5.74) is 1.96. The molecule has 0 aliphatic heterocycles. The van der Waals surface area contributed by atoms with E-state index < -0.39 is 10.2 Å². The van der Waals surface area contributed by atoms with E-state index in [1.807, 2.05) is 86.9 Å². The molecule has 6 N–H and O–H groups in total. The summed E-state index contributed by atoms with van der Waals surface area (Å²) in [6, 6.07) is 19.7. The van der Waals surface area contributed by atoms with E-state index in [1.165, 1.54) is 9.75 Å². The predicted molar refractivity (Wildman–Crippen MR) is 165 cm³/mol. The van der Waals surface area contributed by atoms with Crippen LogP contribution in [0.4, 0.5) is 21.6 Å². The molecule has 0 amide bonds. The second kappa shape index (κ2) is 18.7. The summed E-state index contributed by atoms with van der Waals surface area (Å²) in [5.74, 6) is 0. The fraction of sp³-hybridized carbons (Fsp3) is 0.0909. The topological polar surface area (TPSA) is 209 Å². The summed E-state index contributed by atoms with van der Waals surface area (Å²) in [6.07, 6.45) is 3.89. The zero-order valence-electron chi connectivity index (χ0n) is 20.9. The van der Waals surface area contributed by atoms with Gasteiger partial charge in [-0.3, -0.25) is 0 Å². The molecule has 2 aromatic heterocycles. The van der Waals surface area contributed by atoms with Gasteiger partial charge in [0, 0.05) is 21.1 Å². The molecule has 2 heterocycles. The first-order valence-corrected chi connectivity index (χ1v) is 13.2. The van der Waals surface area contributed by atoms with Gasteiger partial charge in [0.05, 0.1) is 10.2 Å². The first-order chi connectivity index (χ1) is 18.9. The number of anilines is 4. The molecule has 0 bridgehead atoms. The van der Waals surface area contributed by atoms with Crippen molar-refractivity contribution < 1.29 is 20.1 Å². The standard InChI is InChI=1S/2C11H11N3S2.2NO3/c2*1-8-7-12-11(16-8)14-10(15)13-9-5-3-2-4-6-9;2*2-1(3)4/h2*2-7H,1H3,(H2,12,13,14,15);;/q;;2*-1/p+2. The van der Waals surface area contributed by atoms with Crippen molar-refractivity contribution in [1.29, 1.82) is 0 Å². The van der Waals surface area contributed by atoms with Crippen molar-refractivity contribution in [1.82, 2.24) is 0 Å². The van der Waals surface area contributed by atoms with Crippen LogP contribution in [0.25, 0.3) is 0 Å². The molecule has 0 saturated carbocycles. The summed E-state index contributed by atoms with van der Waals surface area (Å²) in [4.78, 5) is 25.1. The van der Waals surface area contributed by atoms with E-state index in [-0.39, 0.29) is 0 Å². The van der Waals surface area contributed by atoms with Gasteiger partial charge in [0.15, 0.2) is 0 Å². The van der Waals surface area contributed by atoms with Crippen LogP contribution in [0.1, 0.15) is 9.75 Å². The van der Waals surface area contributed by atoms with E-state index in [9.17, 15) is 0 Å². The Morgan fingerprint density at radius 1 is 0.650 bits per heavy atom. The van der Waals surface area contributed by atoms with E-state index >= 15 is 0 Å². The van der Waals surface area contributed by atoms with Gasteiger partial charge >= 0.3 is 10.3 Å². The first kappa shape index (κ1) is 33.5. The Balaban J connectivity index is 0.000000317. The van der Waals surface area contributed by atoms with Crippen molar-refractivity contribution in [3.8, 4) is 0 Å². The number of thiocarbonyl (C=S) groups is 2. The highest BCUT2D eigenvalue weighted by molar-refractivity contribution is 7.81. The van der Waals surface area contributed by atoms with E-state index in [2.05, 4.69) is 31.2 Å². The molecule has 212 valence electrons. The molecule has 0 aliphatic carbocycles. The average molecular weight is 625 g/mol. The Kier molecular flexibility index (Phi) is 15.7. The van der Waals surface area contributed by atoms with Crippen LogP contribution in [0.5, 0.6) is 0 Å². The summed E-state index contributed by atoms with van der Waals surface area (Å²) in [7, 11) is 0. The molecular formula is C22H24N8O6S4. The Hall–Kier alpha value is -4.52. The van der Waals surface area contributed by atoms with Gasteiger partial charge < -0.3 is 41.3 Å². The van der Waals surface area contributed by atoms with Crippen LogP contribution < -0.4 is 31.2 Å². The van der Waals surface area contributed by atoms with Crippen molar-refractivity contribution in [2.45, 2.75) is 13.8 Å².